The van der Waals surface area contributed by atoms with Crippen molar-refractivity contribution in [3.8, 4) is 5.75 Å². The van der Waals surface area contributed by atoms with Crippen molar-refractivity contribution in [2.24, 2.45) is 0 Å². The molecule has 9 heteroatoms. The number of aliphatic hydroxyl groups is 1. The number of methoxy groups -OCH3 is 1. The number of hydrogen-bond acceptors (Lipinski definition) is 5. The molecule has 3 N–H and O–H groups in total. The van der Waals surface area contributed by atoms with Crippen LogP contribution in [0, 0.1) is 11.6 Å². The summed E-state index contributed by atoms with van der Waals surface area (Å²) in [5.74, 6) is -0.891. The summed E-state index contributed by atoms with van der Waals surface area (Å²) in [6.45, 7) is 2.38. The van der Waals surface area contributed by atoms with E-state index in [2.05, 4.69) is 10.0 Å². The number of unbranched alkanes of at least 4 members (excludes halogenated alkanes) is 1. The van der Waals surface area contributed by atoms with Crippen LogP contribution in [0.5, 0.6) is 5.75 Å². The zero-order valence-corrected chi connectivity index (χ0v) is 18.6. The lowest BCUT2D eigenvalue weighted by Gasteiger charge is -2.25. The summed E-state index contributed by atoms with van der Waals surface area (Å²) < 4.78 is 59.6. The minimum Gasteiger partial charge on any atom is -0.497 e. The monoisotopic (exact) mass is 456 g/mol. The topological polar surface area (TPSA) is 87.7 Å². The molecule has 0 saturated heterocycles. The summed E-state index contributed by atoms with van der Waals surface area (Å²) in [5.41, 5.74) is 1.19. The van der Waals surface area contributed by atoms with Gasteiger partial charge in [0.05, 0.1) is 25.0 Å². The molecule has 6 nitrogen and oxygen atoms in total. The molecule has 0 radical (unpaired) electrons. The average molecular weight is 457 g/mol. The van der Waals surface area contributed by atoms with Crippen LogP contribution in [0.4, 0.5) is 8.78 Å². The molecule has 0 unspecified atom stereocenters. The first kappa shape index (κ1) is 25.2. The Morgan fingerprint density at radius 3 is 2.45 bits per heavy atom. The van der Waals surface area contributed by atoms with Crippen LogP contribution in [0.15, 0.2) is 42.5 Å². The van der Waals surface area contributed by atoms with Crippen LogP contribution in [-0.2, 0) is 23.0 Å². The molecule has 0 aliphatic carbocycles. The van der Waals surface area contributed by atoms with Crippen LogP contribution in [0.1, 0.15) is 30.9 Å². The van der Waals surface area contributed by atoms with E-state index in [4.69, 9.17) is 4.74 Å². The number of aliphatic hydroxyl groups excluding tert-OH is 1. The van der Waals surface area contributed by atoms with E-state index in [1.165, 1.54) is 0 Å². The van der Waals surface area contributed by atoms with E-state index in [1.54, 1.807) is 7.11 Å². The number of ether oxygens (including phenoxy) is 1. The van der Waals surface area contributed by atoms with Crippen LogP contribution >= 0.6 is 0 Å². The highest BCUT2D eigenvalue weighted by molar-refractivity contribution is 7.89. The quantitative estimate of drug-likeness (QED) is 0.432. The highest BCUT2D eigenvalue weighted by atomic mass is 32.2. The molecule has 2 rings (SSSR count). The summed E-state index contributed by atoms with van der Waals surface area (Å²) in [5, 5.41) is 13.8. The van der Waals surface area contributed by atoms with Crippen molar-refractivity contribution >= 4 is 10.0 Å². The molecule has 31 heavy (non-hydrogen) atoms. The number of rotatable bonds is 13. The van der Waals surface area contributed by atoms with Gasteiger partial charge in [-0.05, 0) is 48.2 Å². The van der Waals surface area contributed by atoms with Crippen molar-refractivity contribution in [1.82, 2.24) is 10.0 Å². The van der Waals surface area contributed by atoms with Crippen molar-refractivity contribution in [3.63, 3.8) is 0 Å². The molecule has 2 atom stereocenters. The van der Waals surface area contributed by atoms with Gasteiger partial charge in [0.15, 0.2) is 0 Å². The molecular formula is C22H30F2N2O4S. The van der Waals surface area contributed by atoms with E-state index >= 15 is 0 Å². The molecule has 0 spiro atoms. The van der Waals surface area contributed by atoms with Crippen LogP contribution in [0.25, 0.3) is 0 Å². The first-order valence-electron chi connectivity index (χ1n) is 10.2. The maximum absolute atomic E-state index is 13.6. The maximum atomic E-state index is 13.6. The van der Waals surface area contributed by atoms with Gasteiger partial charge in [-0.1, -0.05) is 25.5 Å². The van der Waals surface area contributed by atoms with Crippen LogP contribution in [-0.4, -0.2) is 45.1 Å². The molecule has 0 amide bonds. The fraction of sp³-hybridized carbons (Fsp3) is 0.455. The summed E-state index contributed by atoms with van der Waals surface area (Å²) >= 11 is 0. The second-order valence-electron chi connectivity index (χ2n) is 7.43. The number of hydrogen-bond donors (Lipinski definition) is 3. The normalized spacial score (nSPS) is 13.7. The first-order valence-corrected chi connectivity index (χ1v) is 11.8. The SMILES string of the molecule is CCCCS(=O)(=O)N[C@@H](Cc1cc(F)cc(F)c1)[C@H](O)CNCc1cccc(OC)c1. The van der Waals surface area contributed by atoms with Gasteiger partial charge in [-0.2, -0.15) is 0 Å². The molecule has 2 aromatic carbocycles. The van der Waals surface area contributed by atoms with Gasteiger partial charge in [0.1, 0.15) is 17.4 Å². The smallest absolute Gasteiger partial charge is 0.211 e. The molecule has 0 aromatic heterocycles. The highest BCUT2D eigenvalue weighted by Crippen LogP contribution is 2.14. The fourth-order valence-electron chi connectivity index (χ4n) is 3.15. The number of sulfonamides is 1. The third kappa shape index (κ3) is 8.90. The minimum atomic E-state index is -3.66. The summed E-state index contributed by atoms with van der Waals surface area (Å²) in [6.07, 6.45) is 0.00197. The summed E-state index contributed by atoms with van der Waals surface area (Å²) in [7, 11) is -2.09. The molecule has 0 fully saturated rings. The Bertz CT molecular complexity index is 921. The van der Waals surface area contributed by atoms with E-state index in [-0.39, 0.29) is 24.3 Å². The molecule has 2 aromatic rings. The predicted octanol–water partition coefficient (Wildman–Crippen LogP) is 2.75. The Morgan fingerprint density at radius 2 is 1.81 bits per heavy atom. The van der Waals surface area contributed by atoms with Gasteiger partial charge in [-0.3, -0.25) is 0 Å². The van der Waals surface area contributed by atoms with Crippen LogP contribution in [0.2, 0.25) is 0 Å². The Kier molecular flexibility index (Phi) is 9.83. The maximum Gasteiger partial charge on any atom is 0.211 e. The minimum absolute atomic E-state index is 0.0535. The Hall–Kier alpha value is -2.07. The fourth-order valence-corrected chi connectivity index (χ4v) is 4.64. The van der Waals surface area contributed by atoms with E-state index in [0.29, 0.717) is 25.1 Å². The predicted molar refractivity (Wildman–Crippen MR) is 116 cm³/mol. The number of benzene rings is 2. The Labute approximate surface area is 182 Å². The number of halogens is 2. The van der Waals surface area contributed by atoms with Crippen molar-refractivity contribution in [1.29, 1.82) is 0 Å². The van der Waals surface area contributed by atoms with Crippen molar-refractivity contribution < 1.29 is 27.0 Å². The lowest BCUT2D eigenvalue weighted by molar-refractivity contribution is 0.134. The highest BCUT2D eigenvalue weighted by Gasteiger charge is 2.25. The van der Waals surface area contributed by atoms with E-state index in [1.807, 2.05) is 31.2 Å². The average Bonchev–Trinajstić information content (AvgIpc) is 2.71. The molecule has 0 bridgehead atoms. The van der Waals surface area contributed by atoms with Crippen molar-refractivity contribution in [2.75, 3.05) is 19.4 Å². The molecule has 0 heterocycles. The zero-order valence-electron chi connectivity index (χ0n) is 17.8. The van der Waals surface area contributed by atoms with Crippen molar-refractivity contribution in [3.05, 3.63) is 65.2 Å². The largest absolute Gasteiger partial charge is 0.497 e. The summed E-state index contributed by atoms with van der Waals surface area (Å²) in [4.78, 5) is 0. The van der Waals surface area contributed by atoms with E-state index in [0.717, 1.165) is 23.8 Å². The molecule has 0 aliphatic heterocycles. The zero-order chi connectivity index (χ0) is 22.9. The first-order chi connectivity index (χ1) is 14.7. The lowest BCUT2D eigenvalue weighted by atomic mass is 10.0. The molecular weight excluding hydrogens is 426 g/mol. The van der Waals surface area contributed by atoms with Gasteiger partial charge < -0.3 is 15.2 Å². The second kappa shape index (κ2) is 12.1. The van der Waals surface area contributed by atoms with Gasteiger partial charge in [0.25, 0.3) is 0 Å². The summed E-state index contributed by atoms with van der Waals surface area (Å²) in [6, 6.07) is 9.46. The van der Waals surface area contributed by atoms with Gasteiger partial charge in [-0.25, -0.2) is 21.9 Å². The molecule has 0 saturated carbocycles. The van der Waals surface area contributed by atoms with Gasteiger partial charge in [0, 0.05) is 19.2 Å². The number of nitrogens with one attached hydrogen (secondary N) is 2. The second-order valence-corrected chi connectivity index (χ2v) is 9.30. The van der Waals surface area contributed by atoms with Gasteiger partial charge in [0.2, 0.25) is 10.0 Å². The molecule has 0 aliphatic rings. The lowest BCUT2D eigenvalue weighted by Crippen LogP contribution is -2.49. The van der Waals surface area contributed by atoms with Crippen LogP contribution < -0.4 is 14.8 Å². The van der Waals surface area contributed by atoms with Gasteiger partial charge >= 0.3 is 0 Å². The van der Waals surface area contributed by atoms with Crippen molar-refractivity contribution in [2.45, 2.75) is 44.9 Å². The Balaban J connectivity index is 2.07. The van der Waals surface area contributed by atoms with E-state index in [9.17, 15) is 22.3 Å². The van der Waals surface area contributed by atoms with Crippen LogP contribution in [0.3, 0.4) is 0 Å². The van der Waals surface area contributed by atoms with Gasteiger partial charge in [-0.15, -0.1) is 0 Å². The Morgan fingerprint density at radius 1 is 1.10 bits per heavy atom. The third-order valence-corrected chi connectivity index (χ3v) is 6.24. The molecule has 172 valence electrons. The van der Waals surface area contributed by atoms with E-state index < -0.39 is 33.8 Å². The standard InChI is InChI=1S/C22H30F2N2O4S/c1-3-4-8-31(28,29)26-21(12-17-9-18(23)13-19(24)10-17)22(27)15-25-14-16-6-5-7-20(11-16)30-2/h5-7,9-11,13,21-22,25-27H,3-4,8,12,14-15H2,1-2H3/t21-,22+/m0/s1. The third-order valence-electron chi connectivity index (χ3n) is 4.76.